The lowest BCUT2D eigenvalue weighted by Gasteiger charge is -2.40. The molecule has 1 aromatic rings. The van der Waals surface area contributed by atoms with Gasteiger partial charge in [-0.2, -0.15) is 5.10 Å². The molecule has 21 heavy (non-hydrogen) atoms. The van der Waals surface area contributed by atoms with Gasteiger partial charge in [-0.05, 0) is 57.7 Å². The van der Waals surface area contributed by atoms with E-state index in [-0.39, 0.29) is 5.91 Å². The maximum absolute atomic E-state index is 12.5. The Morgan fingerprint density at radius 3 is 2.62 bits per heavy atom. The van der Waals surface area contributed by atoms with Gasteiger partial charge in [0.05, 0.1) is 11.2 Å². The quantitative estimate of drug-likeness (QED) is 0.866. The fraction of sp³-hybridized carbons (Fsp3) is 0.733. The summed E-state index contributed by atoms with van der Waals surface area (Å²) in [7, 11) is 2.19. The van der Waals surface area contributed by atoms with Crippen molar-refractivity contribution in [2.45, 2.75) is 32.1 Å². The molecular weight excluding hydrogens is 288 g/mol. The standard InChI is InChI=1S/C15H23ClN4O/c1-19-8-4-15(5-9-19)3-2-7-20(10-6-15)14(21)13-12(16)11-17-18-13/h11H,2-10H2,1H3,(H,17,18). The van der Waals surface area contributed by atoms with Gasteiger partial charge in [0.2, 0.25) is 0 Å². The van der Waals surface area contributed by atoms with Crippen LogP contribution in [0.4, 0.5) is 0 Å². The van der Waals surface area contributed by atoms with E-state index in [0.717, 1.165) is 25.9 Å². The van der Waals surface area contributed by atoms with E-state index in [9.17, 15) is 4.79 Å². The molecule has 6 heteroatoms. The summed E-state index contributed by atoms with van der Waals surface area (Å²) in [5.41, 5.74) is 0.871. The molecule has 1 aromatic heterocycles. The van der Waals surface area contributed by atoms with Crippen LogP contribution in [-0.2, 0) is 0 Å². The summed E-state index contributed by atoms with van der Waals surface area (Å²) >= 11 is 6.01. The molecule has 0 unspecified atom stereocenters. The molecule has 3 heterocycles. The van der Waals surface area contributed by atoms with Gasteiger partial charge in [0.25, 0.3) is 5.91 Å². The number of rotatable bonds is 1. The van der Waals surface area contributed by atoms with E-state index in [0.29, 0.717) is 16.1 Å². The first-order valence-corrected chi connectivity index (χ1v) is 8.14. The van der Waals surface area contributed by atoms with Crippen LogP contribution in [0.1, 0.15) is 42.6 Å². The van der Waals surface area contributed by atoms with Gasteiger partial charge in [-0.25, -0.2) is 0 Å². The SMILES string of the molecule is CN1CCC2(CCCN(C(=O)c3[nH]ncc3Cl)CC2)CC1. The molecule has 1 spiro atoms. The monoisotopic (exact) mass is 310 g/mol. The van der Waals surface area contributed by atoms with Crippen LogP contribution in [0, 0.1) is 5.41 Å². The smallest absolute Gasteiger partial charge is 0.273 e. The molecule has 0 radical (unpaired) electrons. The highest BCUT2D eigenvalue weighted by molar-refractivity contribution is 6.33. The number of carbonyl (C=O) groups excluding carboxylic acids is 1. The molecule has 5 nitrogen and oxygen atoms in total. The van der Waals surface area contributed by atoms with Gasteiger partial charge in [-0.3, -0.25) is 9.89 Å². The summed E-state index contributed by atoms with van der Waals surface area (Å²) in [5, 5.41) is 6.98. The summed E-state index contributed by atoms with van der Waals surface area (Å²) in [6, 6.07) is 0. The summed E-state index contributed by atoms with van der Waals surface area (Å²) in [5.74, 6) is -0.0116. The zero-order valence-electron chi connectivity index (χ0n) is 12.6. The maximum atomic E-state index is 12.5. The normalized spacial score (nSPS) is 23.2. The van der Waals surface area contributed by atoms with Crippen LogP contribution in [0.5, 0.6) is 0 Å². The highest BCUT2D eigenvalue weighted by Gasteiger charge is 2.36. The number of hydrogen-bond acceptors (Lipinski definition) is 3. The zero-order valence-corrected chi connectivity index (χ0v) is 13.3. The van der Waals surface area contributed by atoms with E-state index in [1.165, 1.54) is 38.5 Å². The number of nitrogens with one attached hydrogen (secondary N) is 1. The molecule has 1 N–H and O–H groups in total. The van der Waals surface area contributed by atoms with Crippen molar-refractivity contribution in [1.29, 1.82) is 0 Å². The molecule has 2 aliphatic rings. The Labute approximate surface area is 130 Å². The number of nitrogens with zero attached hydrogens (tertiary/aromatic N) is 3. The average Bonchev–Trinajstić information content (AvgIpc) is 2.80. The minimum absolute atomic E-state index is 0.0116. The largest absolute Gasteiger partial charge is 0.337 e. The Hall–Kier alpha value is -1.07. The Bertz CT molecular complexity index is 508. The zero-order chi connectivity index (χ0) is 14.9. The van der Waals surface area contributed by atoms with Gasteiger partial charge in [0.15, 0.2) is 0 Å². The van der Waals surface area contributed by atoms with Crippen LogP contribution in [0.3, 0.4) is 0 Å². The topological polar surface area (TPSA) is 52.2 Å². The Morgan fingerprint density at radius 1 is 1.24 bits per heavy atom. The fourth-order valence-corrected chi connectivity index (χ4v) is 3.80. The first-order valence-electron chi connectivity index (χ1n) is 7.76. The van der Waals surface area contributed by atoms with Crippen molar-refractivity contribution in [2.75, 3.05) is 33.2 Å². The van der Waals surface area contributed by atoms with E-state index < -0.39 is 0 Å². The number of piperidine rings is 1. The molecule has 116 valence electrons. The highest BCUT2D eigenvalue weighted by atomic mass is 35.5. The predicted octanol–water partition coefficient (Wildman–Crippen LogP) is 2.40. The molecule has 0 aliphatic carbocycles. The van der Waals surface area contributed by atoms with Crippen molar-refractivity contribution < 1.29 is 4.79 Å². The minimum atomic E-state index is -0.0116. The Kier molecular flexibility index (Phi) is 4.22. The minimum Gasteiger partial charge on any atom is -0.337 e. The fourth-order valence-electron chi connectivity index (χ4n) is 3.63. The average molecular weight is 311 g/mol. The van der Waals surface area contributed by atoms with Crippen LogP contribution in [0.2, 0.25) is 5.02 Å². The summed E-state index contributed by atoms with van der Waals surface area (Å²) in [4.78, 5) is 16.9. The first kappa shape index (κ1) is 14.9. The lowest BCUT2D eigenvalue weighted by molar-refractivity contribution is 0.0728. The number of carbonyl (C=O) groups is 1. The molecule has 0 atom stereocenters. The van der Waals surface area contributed by atoms with Crippen LogP contribution in [0.25, 0.3) is 0 Å². The Morgan fingerprint density at radius 2 is 1.95 bits per heavy atom. The second kappa shape index (κ2) is 5.97. The summed E-state index contributed by atoms with van der Waals surface area (Å²) in [6.45, 7) is 4.02. The van der Waals surface area contributed by atoms with E-state index >= 15 is 0 Å². The van der Waals surface area contributed by atoms with Gasteiger partial charge < -0.3 is 9.80 Å². The lowest BCUT2D eigenvalue weighted by atomic mass is 9.73. The number of H-pyrrole nitrogens is 1. The number of aromatic amines is 1. The molecular formula is C15H23ClN4O. The number of halogens is 1. The molecule has 1 amide bonds. The number of amides is 1. The second-order valence-electron chi connectivity index (χ2n) is 6.54. The molecule has 3 rings (SSSR count). The lowest BCUT2D eigenvalue weighted by Crippen LogP contribution is -2.39. The van der Waals surface area contributed by atoms with Gasteiger partial charge in [-0.1, -0.05) is 11.6 Å². The van der Waals surface area contributed by atoms with E-state index in [4.69, 9.17) is 11.6 Å². The van der Waals surface area contributed by atoms with Crippen molar-refractivity contribution >= 4 is 17.5 Å². The van der Waals surface area contributed by atoms with Crippen LogP contribution in [-0.4, -0.2) is 59.1 Å². The molecule has 2 aliphatic heterocycles. The molecule has 0 aromatic carbocycles. The molecule has 2 fully saturated rings. The third kappa shape index (κ3) is 3.09. The van der Waals surface area contributed by atoms with Crippen molar-refractivity contribution in [3.05, 3.63) is 16.9 Å². The highest BCUT2D eigenvalue weighted by Crippen LogP contribution is 2.41. The van der Waals surface area contributed by atoms with Crippen LogP contribution in [0.15, 0.2) is 6.20 Å². The Balaban J connectivity index is 1.66. The van der Waals surface area contributed by atoms with Crippen molar-refractivity contribution in [3.8, 4) is 0 Å². The van der Waals surface area contributed by atoms with Crippen molar-refractivity contribution in [3.63, 3.8) is 0 Å². The van der Waals surface area contributed by atoms with Crippen LogP contribution < -0.4 is 0 Å². The first-order chi connectivity index (χ1) is 10.1. The van der Waals surface area contributed by atoms with E-state index in [2.05, 4.69) is 22.1 Å². The van der Waals surface area contributed by atoms with Gasteiger partial charge >= 0.3 is 0 Å². The van der Waals surface area contributed by atoms with Gasteiger partial charge in [0, 0.05) is 13.1 Å². The van der Waals surface area contributed by atoms with E-state index in [1.807, 2.05) is 4.90 Å². The van der Waals surface area contributed by atoms with Gasteiger partial charge in [0.1, 0.15) is 5.69 Å². The number of likely N-dealkylation sites (tertiary alicyclic amines) is 2. The third-order valence-electron chi connectivity index (χ3n) is 5.19. The van der Waals surface area contributed by atoms with E-state index in [1.54, 1.807) is 0 Å². The van der Waals surface area contributed by atoms with Crippen molar-refractivity contribution in [1.82, 2.24) is 20.0 Å². The number of hydrogen-bond donors (Lipinski definition) is 1. The third-order valence-corrected chi connectivity index (χ3v) is 5.48. The van der Waals surface area contributed by atoms with Crippen LogP contribution >= 0.6 is 11.6 Å². The maximum Gasteiger partial charge on any atom is 0.273 e. The number of aromatic nitrogens is 2. The van der Waals surface area contributed by atoms with Crippen molar-refractivity contribution in [2.24, 2.45) is 5.41 Å². The molecule has 0 bridgehead atoms. The predicted molar refractivity (Wildman–Crippen MR) is 82.5 cm³/mol. The van der Waals surface area contributed by atoms with Gasteiger partial charge in [-0.15, -0.1) is 0 Å². The second-order valence-corrected chi connectivity index (χ2v) is 6.95. The summed E-state index contributed by atoms with van der Waals surface area (Å²) < 4.78 is 0. The molecule has 0 saturated carbocycles. The summed E-state index contributed by atoms with van der Waals surface area (Å²) in [6.07, 6.45) is 7.44. The molecule has 2 saturated heterocycles.